The molecule has 1 fully saturated rings. The summed E-state index contributed by atoms with van der Waals surface area (Å²) in [7, 11) is 0. The van der Waals surface area contributed by atoms with E-state index in [0.29, 0.717) is 23.3 Å². The smallest absolute Gasteiger partial charge is 0.236 e. The molecule has 27 heavy (non-hydrogen) atoms. The van der Waals surface area contributed by atoms with Crippen LogP contribution in [0.2, 0.25) is 5.02 Å². The number of nitrogens with one attached hydrogen (secondary N) is 1. The average molecular weight is 406 g/mol. The van der Waals surface area contributed by atoms with Crippen LogP contribution in [-0.4, -0.2) is 31.4 Å². The van der Waals surface area contributed by atoms with E-state index in [9.17, 15) is 4.79 Å². The molecule has 2 heterocycles. The van der Waals surface area contributed by atoms with Crippen LogP contribution >= 0.6 is 23.4 Å². The summed E-state index contributed by atoms with van der Waals surface area (Å²) in [5, 5.41) is 12.7. The molecule has 8 heteroatoms. The lowest BCUT2D eigenvalue weighted by molar-refractivity contribution is -0.113. The quantitative estimate of drug-likeness (QED) is 0.521. The largest absolute Gasteiger partial charge is 0.310 e. The second-order valence-electron chi connectivity index (χ2n) is 6.70. The minimum Gasteiger partial charge on any atom is -0.310 e. The topological polar surface area (TPSA) is 72.7 Å². The van der Waals surface area contributed by atoms with Crippen molar-refractivity contribution < 1.29 is 4.79 Å². The van der Waals surface area contributed by atoms with Crippen molar-refractivity contribution in [3.05, 3.63) is 41.8 Å². The highest BCUT2D eigenvalue weighted by atomic mass is 35.5. The molecule has 0 atom stereocenters. The lowest BCUT2D eigenvalue weighted by atomic mass is 9.87. The Morgan fingerprint density at radius 1 is 1.33 bits per heavy atom. The number of hydrogen-bond acceptors (Lipinski definition) is 5. The third kappa shape index (κ3) is 5.81. The summed E-state index contributed by atoms with van der Waals surface area (Å²) in [6.45, 7) is 4.49. The average Bonchev–Trinajstić information content (AvgIpc) is 3.05. The third-order valence-electron chi connectivity index (χ3n) is 4.63. The first kappa shape index (κ1) is 19.9. The number of hydrogen-bond donors (Lipinski definition) is 1. The zero-order chi connectivity index (χ0) is 19.1. The maximum atomic E-state index is 12.2. The molecular formula is C19H24ClN5OS. The number of carbonyl (C=O) groups excluding carboxylic acids is 1. The van der Waals surface area contributed by atoms with E-state index in [-0.39, 0.29) is 11.7 Å². The Hall–Kier alpha value is -1.86. The SMILES string of the molecule is C=CCn1c(CC2CCCCC2)nnc1SCC(=O)Nc1ccc(Cl)cn1. The summed E-state index contributed by atoms with van der Waals surface area (Å²) >= 11 is 7.18. The third-order valence-corrected chi connectivity index (χ3v) is 5.82. The summed E-state index contributed by atoms with van der Waals surface area (Å²) in [4.78, 5) is 16.3. The van der Waals surface area contributed by atoms with Crippen LogP contribution in [0.3, 0.4) is 0 Å². The van der Waals surface area contributed by atoms with Gasteiger partial charge >= 0.3 is 0 Å². The molecule has 6 nitrogen and oxygen atoms in total. The number of amides is 1. The van der Waals surface area contributed by atoms with Crippen LogP contribution in [0.15, 0.2) is 36.1 Å². The molecule has 1 aliphatic rings. The molecule has 1 aliphatic carbocycles. The Morgan fingerprint density at radius 3 is 2.85 bits per heavy atom. The van der Waals surface area contributed by atoms with E-state index in [1.54, 1.807) is 12.1 Å². The number of anilines is 1. The van der Waals surface area contributed by atoms with E-state index in [4.69, 9.17) is 11.6 Å². The molecule has 144 valence electrons. The van der Waals surface area contributed by atoms with Crippen molar-refractivity contribution >= 4 is 35.1 Å². The molecular weight excluding hydrogens is 382 g/mol. The van der Waals surface area contributed by atoms with Crippen molar-refractivity contribution in [2.75, 3.05) is 11.1 Å². The van der Waals surface area contributed by atoms with Crippen LogP contribution in [0, 0.1) is 5.92 Å². The minimum atomic E-state index is -0.142. The number of halogens is 1. The molecule has 0 aliphatic heterocycles. The van der Waals surface area contributed by atoms with Gasteiger partial charge in [0.15, 0.2) is 5.16 Å². The van der Waals surface area contributed by atoms with E-state index < -0.39 is 0 Å². The zero-order valence-electron chi connectivity index (χ0n) is 15.2. The van der Waals surface area contributed by atoms with Gasteiger partial charge in [0.2, 0.25) is 5.91 Å². The molecule has 0 spiro atoms. The molecule has 0 aromatic carbocycles. The predicted octanol–water partition coefficient (Wildman–Crippen LogP) is 4.37. The summed E-state index contributed by atoms with van der Waals surface area (Å²) in [5.74, 6) is 2.25. The Balaban J connectivity index is 1.59. The van der Waals surface area contributed by atoms with Gasteiger partial charge in [0.25, 0.3) is 0 Å². The highest BCUT2D eigenvalue weighted by Gasteiger charge is 2.19. The van der Waals surface area contributed by atoms with Crippen LogP contribution < -0.4 is 5.32 Å². The summed E-state index contributed by atoms with van der Waals surface area (Å²) in [6, 6.07) is 3.36. The highest BCUT2D eigenvalue weighted by molar-refractivity contribution is 7.99. The lowest BCUT2D eigenvalue weighted by Gasteiger charge is -2.21. The zero-order valence-corrected chi connectivity index (χ0v) is 16.8. The molecule has 3 rings (SSSR count). The number of allylic oxidation sites excluding steroid dienone is 1. The number of aromatic nitrogens is 4. The second kappa shape index (κ2) is 9.90. The molecule has 1 N–H and O–H groups in total. The molecule has 1 saturated carbocycles. The van der Waals surface area contributed by atoms with Gasteiger partial charge in [-0.1, -0.05) is 61.5 Å². The summed E-state index contributed by atoms with van der Waals surface area (Å²) in [5.41, 5.74) is 0. The first-order valence-corrected chi connectivity index (χ1v) is 10.6. The van der Waals surface area contributed by atoms with E-state index >= 15 is 0 Å². The molecule has 0 radical (unpaired) electrons. The van der Waals surface area contributed by atoms with Crippen LogP contribution in [0.5, 0.6) is 0 Å². The predicted molar refractivity (Wildman–Crippen MR) is 109 cm³/mol. The number of rotatable bonds is 8. The number of nitrogens with zero attached hydrogens (tertiary/aromatic N) is 4. The number of thioether (sulfide) groups is 1. The van der Waals surface area contributed by atoms with E-state index in [0.717, 1.165) is 17.4 Å². The van der Waals surface area contributed by atoms with Gasteiger partial charge in [-0.25, -0.2) is 4.98 Å². The maximum Gasteiger partial charge on any atom is 0.236 e. The van der Waals surface area contributed by atoms with Crippen molar-refractivity contribution in [1.29, 1.82) is 0 Å². The normalized spacial score (nSPS) is 14.9. The molecule has 2 aromatic rings. The molecule has 0 saturated heterocycles. The number of carbonyl (C=O) groups is 1. The molecule has 0 bridgehead atoms. The van der Waals surface area contributed by atoms with Gasteiger partial charge in [-0.15, -0.1) is 16.8 Å². The maximum absolute atomic E-state index is 12.2. The fraction of sp³-hybridized carbons (Fsp3) is 0.474. The Morgan fingerprint density at radius 2 is 2.15 bits per heavy atom. The monoisotopic (exact) mass is 405 g/mol. The van der Waals surface area contributed by atoms with Gasteiger partial charge < -0.3 is 9.88 Å². The van der Waals surface area contributed by atoms with Crippen LogP contribution in [0.1, 0.15) is 37.9 Å². The van der Waals surface area contributed by atoms with Gasteiger partial charge in [0.05, 0.1) is 10.8 Å². The first-order chi connectivity index (χ1) is 13.2. The van der Waals surface area contributed by atoms with Crippen molar-refractivity contribution in [1.82, 2.24) is 19.7 Å². The highest BCUT2D eigenvalue weighted by Crippen LogP contribution is 2.27. The van der Waals surface area contributed by atoms with Crippen molar-refractivity contribution in [2.24, 2.45) is 5.92 Å². The lowest BCUT2D eigenvalue weighted by Crippen LogP contribution is -2.16. The Kier molecular flexibility index (Phi) is 7.29. The van der Waals surface area contributed by atoms with Crippen LogP contribution in [0.25, 0.3) is 0 Å². The minimum absolute atomic E-state index is 0.142. The first-order valence-electron chi connectivity index (χ1n) is 9.23. The summed E-state index contributed by atoms with van der Waals surface area (Å²) < 4.78 is 2.07. The molecule has 1 amide bonds. The molecule has 0 unspecified atom stereocenters. The van der Waals surface area contributed by atoms with E-state index in [2.05, 4.69) is 31.6 Å². The van der Waals surface area contributed by atoms with Crippen molar-refractivity contribution in [3.8, 4) is 0 Å². The number of pyridine rings is 1. The Bertz CT molecular complexity index is 771. The van der Waals surface area contributed by atoms with E-state index in [1.807, 2.05) is 6.08 Å². The summed E-state index contributed by atoms with van der Waals surface area (Å²) in [6.07, 6.45) is 10.8. The van der Waals surface area contributed by atoms with Gasteiger partial charge in [-0.3, -0.25) is 4.79 Å². The van der Waals surface area contributed by atoms with Gasteiger partial charge in [0, 0.05) is 19.2 Å². The van der Waals surface area contributed by atoms with Crippen molar-refractivity contribution in [2.45, 2.75) is 50.2 Å². The fourth-order valence-corrected chi connectivity index (χ4v) is 4.18. The van der Waals surface area contributed by atoms with Crippen molar-refractivity contribution in [3.63, 3.8) is 0 Å². The fourth-order valence-electron chi connectivity index (χ4n) is 3.30. The van der Waals surface area contributed by atoms with Crippen LogP contribution in [0.4, 0.5) is 5.82 Å². The Labute approximate surface area is 168 Å². The standard InChI is InChI=1S/C19H24ClN5OS/c1-2-10-25-17(11-14-6-4-3-5-7-14)23-24-19(25)27-13-18(26)22-16-9-8-15(20)12-21-16/h2,8-9,12,14H,1,3-7,10-11,13H2,(H,21,22,26). The molecule has 2 aromatic heterocycles. The van der Waals surface area contributed by atoms with Gasteiger partial charge in [-0.05, 0) is 18.1 Å². The second-order valence-corrected chi connectivity index (χ2v) is 8.08. The van der Waals surface area contributed by atoms with Gasteiger partial charge in [-0.2, -0.15) is 0 Å². The van der Waals surface area contributed by atoms with Crippen LogP contribution in [-0.2, 0) is 17.8 Å². The van der Waals surface area contributed by atoms with Gasteiger partial charge in [0.1, 0.15) is 11.6 Å². The van der Waals surface area contributed by atoms with E-state index in [1.165, 1.54) is 50.1 Å².